The lowest BCUT2D eigenvalue weighted by Gasteiger charge is -2.25. The number of furan rings is 1. The van der Waals surface area contributed by atoms with Gasteiger partial charge in [-0.25, -0.2) is 9.55 Å². The van der Waals surface area contributed by atoms with Gasteiger partial charge in [-0.1, -0.05) is 51.1 Å². The molecule has 8 rings (SSSR count). The summed E-state index contributed by atoms with van der Waals surface area (Å²) in [7, 11) is 2.11. The van der Waals surface area contributed by atoms with Gasteiger partial charge in [0.05, 0.1) is 35.1 Å². The first-order valence-electron chi connectivity index (χ1n) is 13.9. The molecule has 3 aromatic carbocycles. The van der Waals surface area contributed by atoms with Crippen LogP contribution in [0.2, 0.25) is 0 Å². The molecule has 1 N–H and O–H groups in total. The summed E-state index contributed by atoms with van der Waals surface area (Å²) in [5.41, 5.74) is 6.05. The second-order valence-electron chi connectivity index (χ2n) is 11.9. The fourth-order valence-electron chi connectivity index (χ4n) is 6.12. The molecular formula is C34H28N5O3+. The Balaban J connectivity index is 1.23. The molecule has 1 unspecified atom stereocenters. The summed E-state index contributed by atoms with van der Waals surface area (Å²) >= 11 is 0. The molecule has 7 aromatic rings. The van der Waals surface area contributed by atoms with E-state index >= 15 is 0 Å². The van der Waals surface area contributed by atoms with Crippen molar-refractivity contribution in [1.82, 2.24) is 24.0 Å². The number of ether oxygens (including phenoxy) is 1. The van der Waals surface area contributed by atoms with Crippen LogP contribution in [0, 0.1) is 0 Å². The molecule has 4 aromatic heterocycles. The number of phenols is 1. The van der Waals surface area contributed by atoms with Gasteiger partial charge in [0.1, 0.15) is 22.8 Å². The van der Waals surface area contributed by atoms with Gasteiger partial charge in [0.15, 0.2) is 5.69 Å². The smallest absolute Gasteiger partial charge is 0.326 e. The zero-order valence-electron chi connectivity index (χ0n) is 23.7. The number of nitrogens with zero attached hydrogens (tertiary/aromatic N) is 5. The van der Waals surface area contributed by atoms with Gasteiger partial charge in [-0.05, 0) is 41.8 Å². The van der Waals surface area contributed by atoms with Crippen LogP contribution in [-0.4, -0.2) is 31.7 Å². The number of rotatable bonds is 3. The van der Waals surface area contributed by atoms with Crippen LogP contribution in [0.15, 0.2) is 95.5 Å². The van der Waals surface area contributed by atoms with Crippen LogP contribution in [0.5, 0.6) is 17.4 Å². The van der Waals surface area contributed by atoms with Gasteiger partial charge in [-0.2, -0.15) is 14.5 Å². The highest BCUT2D eigenvalue weighted by molar-refractivity contribution is 6.08. The SMILES string of the molecule is CC(C)(C)c1ccc(O)c2c1oc1ncc(Oc3cccc([N+]4(C)c5ccccc5-n5c4nc4ccccc45)n3)cc12. The Morgan fingerprint density at radius 1 is 0.905 bits per heavy atom. The predicted octanol–water partition coefficient (Wildman–Crippen LogP) is 8.42. The number of hydrogen-bond donors (Lipinski definition) is 1. The first kappa shape index (κ1) is 24.6. The molecule has 0 saturated heterocycles. The second-order valence-corrected chi connectivity index (χ2v) is 11.9. The average Bonchev–Trinajstić information content (AvgIpc) is 3.62. The molecule has 0 radical (unpaired) electrons. The van der Waals surface area contributed by atoms with Crippen molar-refractivity contribution in [3.8, 4) is 23.1 Å². The van der Waals surface area contributed by atoms with E-state index in [1.54, 1.807) is 12.3 Å². The molecule has 0 bridgehead atoms. The Kier molecular flexibility index (Phi) is 4.92. The molecule has 1 aliphatic rings. The highest BCUT2D eigenvalue weighted by Crippen LogP contribution is 2.51. The van der Waals surface area contributed by atoms with E-state index in [0.29, 0.717) is 33.7 Å². The molecule has 1 atom stereocenters. The number of aromatic nitrogens is 4. The topological polar surface area (TPSA) is 86.2 Å². The van der Waals surface area contributed by atoms with Crippen LogP contribution in [-0.2, 0) is 5.41 Å². The number of aromatic hydroxyl groups is 1. The van der Waals surface area contributed by atoms with Crippen LogP contribution in [0.25, 0.3) is 38.8 Å². The van der Waals surface area contributed by atoms with Crippen molar-refractivity contribution in [2.24, 2.45) is 0 Å². The molecule has 0 spiro atoms. The first-order valence-corrected chi connectivity index (χ1v) is 13.9. The lowest BCUT2D eigenvalue weighted by Crippen LogP contribution is -2.33. The van der Waals surface area contributed by atoms with E-state index in [0.717, 1.165) is 39.7 Å². The minimum Gasteiger partial charge on any atom is -0.507 e. The van der Waals surface area contributed by atoms with E-state index in [1.165, 1.54) is 0 Å². The second kappa shape index (κ2) is 8.41. The summed E-state index contributed by atoms with van der Waals surface area (Å²) in [6.45, 7) is 6.34. The summed E-state index contributed by atoms with van der Waals surface area (Å²) in [4.78, 5) is 14.6. The van der Waals surface area contributed by atoms with Gasteiger partial charge in [-0.15, -0.1) is 0 Å². The van der Waals surface area contributed by atoms with Crippen LogP contribution in [0.1, 0.15) is 26.3 Å². The molecule has 0 amide bonds. The van der Waals surface area contributed by atoms with Crippen molar-refractivity contribution >= 4 is 50.6 Å². The Hall–Kier alpha value is -5.21. The zero-order valence-corrected chi connectivity index (χ0v) is 23.7. The maximum Gasteiger partial charge on any atom is 0.326 e. The zero-order chi connectivity index (χ0) is 28.8. The standard InChI is InChI=1S/C34H27N5O3/c1-34(2,3)22-16-17-27(40)30-21-18-20(19-35-32(21)42-31(22)30)41-29-15-9-14-28(37-29)39(4)26-13-8-7-12-25(26)38-24-11-6-5-10-23(24)36-33(38)39/h5-19H,1-4H3/p+1. The summed E-state index contributed by atoms with van der Waals surface area (Å²) in [5.74, 6) is 2.69. The molecule has 5 heterocycles. The molecule has 8 heteroatoms. The highest BCUT2D eigenvalue weighted by atomic mass is 16.5. The van der Waals surface area contributed by atoms with Gasteiger partial charge in [0.25, 0.3) is 0 Å². The largest absolute Gasteiger partial charge is 0.507 e. The lowest BCUT2D eigenvalue weighted by atomic mass is 9.86. The summed E-state index contributed by atoms with van der Waals surface area (Å²) < 4.78 is 14.9. The predicted molar refractivity (Wildman–Crippen MR) is 164 cm³/mol. The number of imidazole rings is 1. The minimum absolute atomic E-state index is 0.142. The van der Waals surface area contributed by atoms with Crippen molar-refractivity contribution in [2.45, 2.75) is 26.2 Å². The number of para-hydroxylation sites is 4. The van der Waals surface area contributed by atoms with Crippen LogP contribution < -0.4 is 9.22 Å². The van der Waals surface area contributed by atoms with Gasteiger partial charge < -0.3 is 14.3 Å². The maximum absolute atomic E-state index is 10.8. The molecule has 0 fully saturated rings. The minimum atomic E-state index is -0.169. The highest BCUT2D eigenvalue weighted by Gasteiger charge is 2.46. The summed E-state index contributed by atoms with van der Waals surface area (Å²) in [6, 6.07) is 27.7. The molecule has 42 heavy (non-hydrogen) atoms. The molecule has 0 aliphatic carbocycles. The van der Waals surface area contributed by atoms with Gasteiger partial charge >= 0.3 is 5.95 Å². The third-order valence-corrected chi connectivity index (χ3v) is 8.17. The Morgan fingerprint density at radius 3 is 2.57 bits per heavy atom. The third-order valence-electron chi connectivity index (χ3n) is 8.17. The molecule has 0 saturated carbocycles. The van der Waals surface area contributed by atoms with Crippen molar-refractivity contribution in [3.63, 3.8) is 0 Å². The van der Waals surface area contributed by atoms with Gasteiger partial charge in [-0.3, -0.25) is 0 Å². The lowest BCUT2D eigenvalue weighted by molar-refractivity contribution is 0.455. The van der Waals surface area contributed by atoms with E-state index in [2.05, 4.69) is 55.6 Å². The number of pyridine rings is 2. The Morgan fingerprint density at radius 2 is 1.71 bits per heavy atom. The third kappa shape index (κ3) is 3.36. The average molecular weight is 555 g/mol. The Labute approximate surface area is 241 Å². The first-order chi connectivity index (χ1) is 20.2. The molecular weight excluding hydrogens is 526 g/mol. The molecule has 1 aliphatic heterocycles. The van der Waals surface area contributed by atoms with E-state index in [1.807, 2.05) is 60.7 Å². The van der Waals surface area contributed by atoms with E-state index in [9.17, 15) is 5.11 Å². The van der Waals surface area contributed by atoms with Gasteiger partial charge in [0, 0.05) is 23.8 Å². The number of benzene rings is 3. The van der Waals surface area contributed by atoms with Crippen molar-refractivity contribution < 1.29 is 14.3 Å². The summed E-state index contributed by atoms with van der Waals surface area (Å²) in [5, 5.41) is 12.1. The fraction of sp³-hybridized carbons (Fsp3) is 0.147. The summed E-state index contributed by atoms with van der Waals surface area (Å²) in [6.07, 6.45) is 1.62. The van der Waals surface area contributed by atoms with E-state index < -0.39 is 0 Å². The quantitative estimate of drug-likeness (QED) is 0.221. The molecule has 8 nitrogen and oxygen atoms in total. The number of quaternary nitrogens is 1. The molecule has 206 valence electrons. The van der Waals surface area contributed by atoms with E-state index in [-0.39, 0.29) is 15.6 Å². The van der Waals surface area contributed by atoms with Crippen LogP contribution in [0.4, 0.5) is 17.5 Å². The van der Waals surface area contributed by atoms with Gasteiger partial charge in [0.2, 0.25) is 17.4 Å². The monoisotopic (exact) mass is 554 g/mol. The Bertz CT molecular complexity index is 2210. The number of hydrogen-bond acceptors (Lipinski definition) is 6. The van der Waals surface area contributed by atoms with Crippen LogP contribution in [0.3, 0.4) is 0 Å². The normalized spacial score (nSPS) is 16.3. The van der Waals surface area contributed by atoms with Crippen LogP contribution >= 0.6 is 0 Å². The van der Waals surface area contributed by atoms with Crippen molar-refractivity contribution in [2.75, 3.05) is 7.05 Å². The van der Waals surface area contributed by atoms with E-state index in [4.69, 9.17) is 19.1 Å². The number of fused-ring (bicyclic) bond motifs is 8. The maximum atomic E-state index is 10.8. The van der Waals surface area contributed by atoms with Crippen molar-refractivity contribution in [3.05, 3.63) is 96.7 Å². The van der Waals surface area contributed by atoms with Crippen molar-refractivity contribution in [1.29, 1.82) is 0 Å². The fourth-order valence-corrected chi connectivity index (χ4v) is 6.12. The number of phenolic OH excluding ortho intramolecular Hbond substituents is 1.